The SMILES string of the molecule is CCc1cccc(NC2=c3c(C)n[nH]c3=CCC=N2)c1. The molecule has 2 N–H and O–H groups in total. The van der Waals surface area contributed by atoms with Gasteiger partial charge in [-0.05, 0) is 31.0 Å². The molecule has 4 nitrogen and oxygen atoms in total. The van der Waals surface area contributed by atoms with Crippen LogP contribution in [-0.2, 0) is 6.42 Å². The summed E-state index contributed by atoms with van der Waals surface area (Å²) in [7, 11) is 0. The summed E-state index contributed by atoms with van der Waals surface area (Å²) in [4.78, 5) is 4.54. The number of aliphatic imine (C=N–C) groups is 1. The Hall–Kier alpha value is -2.36. The maximum Gasteiger partial charge on any atom is 0.141 e. The van der Waals surface area contributed by atoms with E-state index >= 15 is 0 Å². The molecule has 0 fully saturated rings. The minimum Gasteiger partial charge on any atom is -0.340 e. The largest absolute Gasteiger partial charge is 0.340 e. The normalized spacial score (nSPS) is 13.6. The van der Waals surface area contributed by atoms with Crippen molar-refractivity contribution >= 4 is 23.8 Å². The first-order valence-corrected chi connectivity index (χ1v) is 6.92. The maximum absolute atomic E-state index is 4.54. The Morgan fingerprint density at radius 1 is 1.35 bits per heavy atom. The predicted octanol–water partition coefficient (Wildman–Crippen LogP) is 1.71. The van der Waals surface area contributed by atoms with Crippen LogP contribution in [0.15, 0.2) is 29.3 Å². The third-order valence-electron chi connectivity index (χ3n) is 3.46. The molecule has 1 aromatic carbocycles. The van der Waals surface area contributed by atoms with Gasteiger partial charge in [0.15, 0.2) is 0 Å². The molecule has 0 bridgehead atoms. The molecule has 2 aromatic rings. The molecule has 1 aromatic heterocycles. The quantitative estimate of drug-likeness (QED) is 0.888. The van der Waals surface area contributed by atoms with E-state index in [4.69, 9.17) is 0 Å². The van der Waals surface area contributed by atoms with Crippen molar-refractivity contribution in [2.45, 2.75) is 26.7 Å². The van der Waals surface area contributed by atoms with Gasteiger partial charge < -0.3 is 5.32 Å². The van der Waals surface area contributed by atoms with Gasteiger partial charge in [-0.15, -0.1) is 0 Å². The highest BCUT2D eigenvalue weighted by molar-refractivity contribution is 5.76. The smallest absolute Gasteiger partial charge is 0.141 e. The minimum absolute atomic E-state index is 0.814. The van der Waals surface area contributed by atoms with Crippen LogP contribution in [-0.4, -0.2) is 16.4 Å². The fourth-order valence-electron chi connectivity index (χ4n) is 2.38. The molecule has 3 rings (SSSR count). The highest BCUT2D eigenvalue weighted by atomic mass is 15.1. The summed E-state index contributed by atoms with van der Waals surface area (Å²) in [5, 5.41) is 12.8. The van der Waals surface area contributed by atoms with Crippen LogP contribution in [0.25, 0.3) is 11.9 Å². The number of aromatic amines is 1. The number of H-pyrrole nitrogens is 1. The van der Waals surface area contributed by atoms with E-state index in [2.05, 4.69) is 57.8 Å². The summed E-state index contributed by atoms with van der Waals surface area (Å²) in [5.41, 5.74) is 3.33. The van der Waals surface area contributed by atoms with E-state index < -0.39 is 0 Å². The second kappa shape index (κ2) is 5.33. The lowest BCUT2D eigenvalue weighted by molar-refractivity contribution is 1.02. The van der Waals surface area contributed by atoms with Gasteiger partial charge in [-0.25, -0.2) is 4.99 Å². The van der Waals surface area contributed by atoms with Gasteiger partial charge in [-0.3, -0.25) is 5.10 Å². The molecule has 0 saturated carbocycles. The Morgan fingerprint density at radius 2 is 2.25 bits per heavy atom. The van der Waals surface area contributed by atoms with E-state index in [9.17, 15) is 0 Å². The van der Waals surface area contributed by atoms with Crippen LogP contribution in [0, 0.1) is 6.92 Å². The van der Waals surface area contributed by atoms with Gasteiger partial charge in [0.1, 0.15) is 5.82 Å². The first-order valence-electron chi connectivity index (χ1n) is 6.92. The Kier molecular flexibility index (Phi) is 3.37. The summed E-state index contributed by atoms with van der Waals surface area (Å²) >= 11 is 0. The molecule has 20 heavy (non-hydrogen) atoms. The van der Waals surface area contributed by atoms with Gasteiger partial charge >= 0.3 is 0 Å². The first-order chi connectivity index (χ1) is 9.78. The third kappa shape index (κ3) is 2.37. The van der Waals surface area contributed by atoms with E-state index in [1.807, 2.05) is 13.1 Å². The van der Waals surface area contributed by atoms with Crippen molar-refractivity contribution in [3.8, 4) is 0 Å². The lowest BCUT2D eigenvalue weighted by Gasteiger charge is -2.07. The monoisotopic (exact) mass is 266 g/mol. The van der Waals surface area contributed by atoms with Crippen LogP contribution in [0.3, 0.4) is 0 Å². The van der Waals surface area contributed by atoms with Crippen molar-refractivity contribution < 1.29 is 0 Å². The molecule has 0 atom stereocenters. The van der Waals surface area contributed by atoms with Gasteiger partial charge in [-0.1, -0.05) is 25.1 Å². The average molecular weight is 266 g/mol. The van der Waals surface area contributed by atoms with Crippen molar-refractivity contribution in [3.05, 3.63) is 46.1 Å². The van der Waals surface area contributed by atoms with E-state index in [1.165, 1.54) is 5.56 Å². The molecule has 0 unspecified atom stereocenters. The number of hydrogen-bond acceptors (Lipinski definition) is 3. The lowest BCUT2D eigenvalue weighted by Crippen LogP contribution is -2.28. The molecule has 2 heterocycles. The number of aromatic nitrogens is 2. The van der Waals surface area contributed by atoms with Crippen LogP contribution in [0.1, 0.15) is 24.6 Å². The Balaban J connectivity index is 2.09. The van der Waals surface area contributed by atoms with Crippen LogP contribution < -0.4 is 15.9 Å². The number of fused-ring (bicyclic) bond motifs is 1. The summed E-state index contributed by atoms with van der Waals surface area (Å²) < 4.78 is 0. The number of hydrogen-bond donors (Lipinski definition) is 2. The second-order valence-electron chi connectivity index (χ2n) is 4.88. The van der Waals surface area contributed by atoms with Gasteiger partial charge in [-0.2, -0.15) is 5.10 Å². The fourth-order valence-corrected chi connectivity index (χ4v) is 2.38. The molecule has 4 heteroatoms. The van der Waals surface area contributed by atoms with Gasteiger partial charge in [0.2, 0.25) is 0 Å². The van der Waals surface area contributed by atoms with Gasteiger partial charge in [0.05, 0.1) is 16.3 Å². The van der Waals surface area contributed by atoms with Crippen molar-refractivity contribution in [2.24, 2.45) is 4.99 Å². The Bertz CT molecular complexity index is 768. The predicted molar refractivity (Wildman–Crippen MR) is 83.0 cm³/mol. The second-order valence-corrected chi connectivity index (χ2v) is 4.88. The van der Waals surface area contributed by atoms with Crippen LogP contribution >= 0.6 is 0 Å². The Labute approximate surface area is 118 Å². The zero-order valence-electron chi connectivity index (χ0n) is 11.8. The average Bonchev–Trinajstić information content (AvgIpc) is 2.71. The standard InChI is InChI=1S/C16H18N4/c1-3-12-6-4-7-13(10-12)18-16-15-11(2)19-20-14(15)8-5-9-17-16/h4,6-10,18,20H,3,5H2,1-2H3. The summed E-state index contributed by atoms with van der Waals surface area (Å²) in [6, 6.07) is 8.42. The lowest BCUT2D eigenvalue weighted by atomic mass is 10.1. The van der Waals surface area contributed by atoms with E-state index in [0.717, 1.165) is 40.6 Å². The van der Waals surface area contributed by atoms with Crippen molar-refractivity contribution in [1.29, 1.82) is 0 Å². The highest BCUT2D eigenvalue weighted by Crippen LogP contribution is 2.14. The zero-order chi connectivity index (χ0) is 13.9. The van der Waals surface area contributed by atoms with Crippen molar-refractivity contribution in [3.63, 3.8) is 0 Å². The minimum atomic E-state index is 0.814. The van der Waals surface area contributed by atoms with E-state index in [-0.39, 0.29) is 0 Å². The number of benzene rings is 1. The molecule has 1 aliphatic rings. The number of anilines is 1. The van der Waals surface area contributed by atoms with E-state index in [1.54, 1.807) is 0 Å². The third-order valence-corrected chi connectivity index (χ3v) is 3.46. The maximum atomic E-state index is 4.54. The molecular formula is C16H18N4. The molecule has 0 spiro atoms. The molecule has 0 aliphatic carbocycles. The van der Waals surface area contributed by atoms with Crippen molar-refractivity contribution in [2.75, 3.05) is 5.32 Å². The molecule has 0 saturated heterocycles. The summed E-state index contributed by atoms with van der Waals surface area (Å²) in [5.74, 6) is 0.855. The molecule has 0 radical (unpaired) electrons. The molecule has 102 valence electrons. The topological polar surface area (TPSA) is 53.1 Å². The zero-order valence-corrected chi connectivity index (χ0v) is 11.8. The Morgan fingerprint density at radius 3 is 3.10 bits per heavy atom. The van der Waals surface area contributed by atoms with Gasteiger partial charge in [0, 0.05) is 18.3 Å². The molecule has 0 amide bonds. The number of aryl methyl sites for hydroxylation is 2. The molecule has 1 aliphatic heterocycles. The first kappa shape index (κ1) is 12.7. The van der Waals surface area contributed by atoms with Crippen molar-refractivity contribution in [1.82, 2.24) is 10.2 Å². The highest BCUT2D eigenvalue weighted by Gasteiger charge is 2.06. The van der Waals surface area contributed by atoms with Crippen LogP contribution in [0.5, 0.6) is 0 Å². The molecular weight excluding hydrogens is 248 g/mol. The summed E-state index contributed by atoms with van der Waals surface area (Å²) in [6.45, 7) is 4.15. The number of nitrogens with zero attached hydrogens (tertiary/aromatic N) is 2. The number of nitrogens with one attached hydrogen (secondary N) is 2. The van der Waals surface area contributed by atoms with E-state index in [0.29, 0.717) is 0 Å². The van der Waals surface area contributed by atoms with Gasteiger partial charge in [0.25, 0.3) is 0 Å². The number of rotatable bonds is 3. The van der Waals surface area contributed by atoms with Crippen LogP contribution in [0.2, 0.25) is 0 Å². The fraction of sp³-hybridized carbons (Fsp3) is 0.250. The summed E-state index contributed by atoms with van der Waals surface area (Å²) in [6.07, 6.45) is 5.86. The van der Waals surface area contributed by atoms with Crippen LogP contribution in [0.4, 0.5) is 5.69 Å².